The molecule has 0 spiro atoms. The number of anilines is 1. The molecule has 0 saturated carbocycles. The van der Waals surface area contributed by atoms with E-state index >= 15 is 0 Å². The third-order valence-electron chi connectivity index (χ3n) is 4.37. The molecule has 0 atom stereocenters. The Morgan fingerprint density at radius 3 is 2.58 bits per heavy atom. The van der Waals surface area contributed by atoms with Crippen molar-refractivity contribution in [1.29, 1.82) is 0 Å². The Morgan fingerprint density at radius 2 is 1.92 bits per heavy atom. The van der Waals surface area contributed by atoms with Gasteiger partial charge < -0.3 is 9.32 Å². The summed E-state index contributed by atoms with van der Waals surface area (Å²) in [6.45, 7) is 5.82. The van der Waals surface area contributed by atoms with Crippen molar-refractivity contribution in [3.63, 3.8) is 0 Å². The van der Waals surface area contributed by atoms with E-state index in [2.05, 4.69) is 19.8 Å². The van der Waals surface area contributed by atoms with Gasteiger partial charge in [-0.1, -0.05) is 0 Å². The van der Waals surface area contributed by atoms with Crippen molar-refractivity contribution in [2.45, 2.75) is 19.6 Å². The molecule has 1 saturated heterocycles. The highest BCUT2D eigenvalue weighted by atomic mass is 32.1. The number of benzene rings is 1. The summed E-state index contributed by atoms with van der Waals surface area (Å²) in [5, 5.41) is 3.07. The summed E-state index contributed by atoms with van der Waals surface area (Å²) in [5.74, 6) is 0.442. The normalized spacial score (nSPS) is 16.5. The van der Waals surface area contributed by atoms with Crippen LogP contribution in [-0.4, -0.2) is 41.0 Å². The summed E-state index contributed by atoms with van der Waals surface area (Å²) >= 11 is 1.64. The van der Waals surface area contributed by atoms with Gasteiger partial charge in [-0.05, 0) is 25.1 Å². The van der Waals surface area contributed by atoms with E-state index in [0.717, 1.165) is 49.1 Å². The third-order valence-corrected chi connectivity index (χ3v) is 5.39. The molecule has 0 aliphatic carbocycles. The van der Waals surface area contributed by atoms with Crippen LogP contribution in [0, 0.1) is 6.92 Å². The van der Waals surface area contributed by atoms with Crippen LogP contribution in [0.3, 0.4) is 0 Å². The minimum absolute atomic E-state index is 0.242. The first-order valence-electron chi connectivity index (χ1n) is 8.24. The van der Waals surface area contributed by atoms with Crippen molar-refractivity contribution in [3.8, 4) is 0 Å². The van der Waals surface area contributed by atoms with Crippen LogP contribution in [0.1, 0.15) is 17.1 Å². The van der Waals surface area contributed by atoms with Crippen LogP contribution < -0.4 is 4.90 Å². The molecule has 3 aromatic rings. The molecule has 1 aromatic carbocycles. The number of thiazole rings is 1. The van der Waals surface area contributed by atoms with Gasteiger partial charge in [0.1, 0.15) is 5.52 Å². The minimum atomic E-state index is -4.38. The molecule has 3 heterocycles. The zero-order valence-corrected chi connectivity index (χ0v) is 14.9. The second-order valence-electron chi connectivity index (χ2n) is 6.32. The standard InChI is InChI=1S/C17H17F3N4OS/c1-11-10-26-16(21-11)24-6-4-23(5-7-24)9-15-22-13-8-12(17(18,19)20)2-3-14(13)25-15/h2-3,8,10H,4-7,9H2,1H3. The highest BCUT2D eigenvalue weighted by Gasteiger charge is 2.31. The van der Waals surface area contributed by atoms with Crippen LogP contribution in [0.2, 0.25) is 0 Å². The van der Waals surface area contributed by atoms with E-state index in [9.17, 15) is 13.2 Å². The Morgan fingerprint density at radius 1 is 1.15 bits per heavy atom. The number of aromatic nitrogens is 2. The van der Waals surface area contributed by atoms with E-state index in [1.807, 2.05) is 12.3 Å². The predicted molar refractivity (Wildman–Crippen MR) is 93.4 cm³/mol. The van der Waals surface area contributed by atoms with Crippen LogP contribution in [0.25, 0.3) is 11.1 Å². The average molecular weight is 382 g/mol. The smallest absolute Gasteiger partial charge is 0.416 e. The van der Waals surface area contributed by atoms with Crippen LogP contribution in [-0.2, 0) is 12.7 Å². The van der Waals surface area contributed by atoms with Gasteiger partial charge in [0.25, 0.3) is 0 Å². The summed E-state index contributed by atoms with van der Waals surface area (Å²) in [5.41, 5.74) is 0.936. The fourth-order valence-corrected chi connectivity index (χ4v) is 3.85. The maximum Gasteiger partial charge on any atom is 0.416 e. The Hall–Kier alpha value is -2.13. The molecule has 0 amide bonds. The number of fused-ring (bicyclic) bond motifs is 1. The summed E-state index contributed by atoms with van der Waals surface area (Å²) < 4.78 is 44.0. The van der Waals surface area contributed by atoms with Gasteiger partial charge in [-0.25, -0.2) is 9.97 Å². The highest BCUT2D eigenvalue weighted by molar-refractivity contribution is 7.13. The molecular formula is C17H17F3N4OS. The quantitative estimate of drug-likeness (QED) is 0.687. The van der Waals surface area contributed by atoms with Crippen molar-refractivity contribution < 1.29 is 17.6 Å². The van der Waals surface area contributed by atoms with E-state index in [4.69, 9.17) is 4.42 Å². The van der Waals surface area contributed by atoms with Gasteiger partial charge in [0.2, 0.25) is 5.89 Å². The topological polar surface area (TPSA) is 45.4 Å². The third kappa shape index (κ3) is 3.54. The number of alkyl halides is 3. The van der Waals surface area contributed by atoms with Gasteiger partial charge in [0.15, 0.2) is 10.7 Å². The van der Waals surface area contributed by atoms with Crippen molar-refractivity contribution >= 4 is 27.6 Å². The van der Waals surface area contributed by atoms with Crippen molar-refractivity contribution in [1.82, 2.24) is 14.9 Å². The Kier molecular flexibility index (Phi) is 4.36. The van der Waals surface area contributed by atoms with E-state index in [0.29, 0.717) is 18.0 Å². The van der Waals surface area contributed by atoms with Crippen LogP contribution in [0.15, 0.2) is 28.0 Å². The van der Waals surface area contributed by atoms with Gasteiger partial charge in [-0.15, -0.1) is 11.3 Å². The molecule has 26 heavy (non-hydrogen) atoms. The Labute approximate surface area is 152 Å². The second-order valence-corrected chi connectivity index (χ2v) is 7.16. The average Bonchev–Trinajstić information content (AvgIpc) is 3.19. The fourth-order valence-electron chi connectivity index (χ4n) is 2.99. The number of nitrogens with zero attached hydrogens (tertiary/aromatic N) is 4. The SMILES string of the molecule is Cc1csc(N2CCN(Cc3nc4cc(C(F)(F)F)ccc4o3)CC2)n1. The van der Waals surface area contributed by atoms with E-state index in [1.165, 1.54) is 6.07 Å². The number of piperazine rings is 1. The molecule has 5 nitrogen and oxygen atoms in total. The number of aryl methyl sites for hydroxylation is 1. The zero-order valence-electron chi connectivity index (χ0n) is 14.1. The summed E-state index contributed by atoms with van der Waals surface area (Å²) in [6.07, 6.45) is -4.38. The number of oxazole rings is 1. The van der Waals surface area contributed by atoms with Crippen LogP contribution in [0.5, 0.6) is 0 Å². The van der Waals surface area contributed by atoms with Gasteiger partial charge in [0.05, 0.1) is 17.8 Å². The molecule has 0 N–H and O–H groups in total. The second kappa shape index (κ2) is 6.55. The lowest BCUT2D eigenvalue weighted by Crippen LogP contribution is -2.46. The van der Waals surface area contributed by atoms with E-state index < -0.39 is 11.7 Å². The van der Waals surface area contributed by atoms with Crippen molar-refractivity contribution in [2.75, 3.05) is 31.1 Å². The lowest BCUT2D eigenvalue weighted by atomic mass is 10.2. The molecule has 0 bridgehead atoms. The molecule has 4 rings (SSSR count). The molecule has 9 heteroatoms. The molecular weight excluding hydrogens is 365 g/mol. The Bertz CT molecular complexity index is 912. The maximum atomic E-state index is 12.8. The molecule has 138 valence electrons. The monoisotopic (exact) mass is 382 g/mol. The highest BCUT2D eigenvalue weighted by Crippen LogP contribution is 2.31. The lowest BCUT2D eigenvalue weighted by molar-refractivity contribution is -0.137. The summed E-state index contributed by atoms with van der Waals surface area (Å²) in [4.78, 5) is 13.2. The zero-order chi connectivity index (χ0) is 18.3. The van der Waals surface area contributed by atoms with Crippen LogP contribution >= 0.6 is 11.3 Å². The summed E-state index contributed by atoms with van der Waals surface area (Å²) in [6, 6.07) is 3.38. The van der Waals surface area contributed by atoms with Gasteiger partial charge in [0, 0.05) is 31.6 Å². The predicted octanol–water partition coefficient (Wildman–Crippen LogP) is 3.93. The first-order chi connectivity index (χ1) is 12.4. The van der Waals surface area contributed by atoms with Gasteiger partial charge in [-0.3, -0.25) is 4.90 Å². The molecule has 0 unspecified atom stereocenters. The van der Waals surface area contributed by atoms with E-state index in [1.54, 1.807) is 11.3 Å². The fraction of sp³-hybridized carbons (Fsp3) is 0.412. The van der Waals surface area contributed by atoms with Crippen molar-refractivity contribution in [2.24, 2.45) is 0 Å². The molecule has 2 aromatic heterocycles. The molecule has 1 aliphatic rings. The van der Waals surface area contributed by atoms with Gasteiger partial charge >= 0.3 is 6.18 Å². The Balaban J connectivity index is 1.42. The molecule has 0 radical (unpaired) electrons. The number of rotatable bonds is 3. The number of hydrogen-bond donors (Lipinski definition) is 0. The number of hydrogen-bond acceptors (Lipinski definition) is 6. The van der Waals surface area contributed by atoms with Crippen molar-refractivity contribution in [3.05, 3.63) is 40.7 Å². The maximum absolute atomic E-state index is 12.8. The minimum Gasteiger partial charge on any atom is -0.439 e. The summed E-state index contributed by atoms with van der Waals surface area (Å²) in [7, 11) is 0. The van der Waals surface area contributed by atoms with Crippen LogP contribution in [0.4, 0.5) is 18.3 Å². The first kappa shape index (κ1) is 17.3. The lowest BCUT2D eigenvalue weighted by Gasteiger charge is -2.33. The molecule has 1 fully saturated rings. The van der Waals surface area contributed by atoms with Gasteiger partial charge in [-0.2, -0.15) is 13.2 Å². The first-order valence-corrected chi connectivity index (χ1v) is 9.12. The van der Waals surface area contributed by atoms with E-state index in [-0.39, 0.29) is 5.52 Å². The molecule has 1 aliphatic heterocycles. The number of halogens is 3. The largest absolute Gasteiger partial charge is 0.439 e.